The lowest BCUT2D eigenvalue weighted by molar-refractivity contribution is -0.137. The van der Waals surface area contributed by atoms with Crippen molar-refractivity contribution in [3.63, 3.8) is 0 Å². The number of para-hydroxylation sites is 1. The van der Waals surface area contributed by atoms with Gasteiger partial charge in [-0.15, -0.1) is 0 Å². The Balaban J connectivity index is 1.72. The fourth-order valence-electron chi connectivity index (χ4n) is 3.53. The van der Waals surface area contributed by atoms with Gasteiger partial charge in [0, 0.05) is 37.7 Å². The van der Waals surface area contributed by atoms with Crippen LogP contribution in [-0.4, -0.2) is 41.8 Å². The highest BCUT2D eigenvalue weighted by molar-refractivity contribution is 6.13. The Hall–Kier alpha value is -4.33. The van der Waals surface area contributed by atoms with Crippen LogP contribution in [0.4, 0.5) is 33.3 Å². The number of carbonyl (C=O) groups is 2. The highest BCUT2D eigenvalue weighted by atomic mass is 19.4. The Morgan fingerprint density at radius 2 is 2.03 bits per heavy atom. The number of amides is 2. The Morgan fingerprint density at radius 3 is 2.63 bits per heavy atom. The molecular formula is C24H23F5N6O3. The Labute approximate surface area is 213 Å². The molecule has 1 aromatic heterocycles. The molecule has 0 aliphatic carbocycles. The Morgan fingerprint density at radius 1 is 1.26 bits per heavy atom. The van der Waals surface area contributed by atoms with E-state index in [9.17, 15) is 31.5 Å². The summed E-state index contributed by atoms with van der Waals surface area (Å²) in [6, 6.07) is 3.22. The average Bonchev–Trinajstić information content (AvgIpc) is 3.34. The van der Waals surface area contributed by atoms with Crippen molar-refractivity contribution < 1.29 is 36.3 Å². The second-order valence-electron chi connectivity index (χ2n) is 8.04. The van der Waals surface area contributed by atoms with Crippen molar-refractivity contribution in [1.82, 2.24) is 15.6 Å². The number of nitrogens with zero attached hydrogens (tertiary/aromatic N) is 2. The molecule has 202 valence electrons. The van der Waals surface area contributed by atoms with Crippen LogP contribution in [0.15, 0.2) is 60.0 Å². The number of pyridine rings is 1. The number of aromatic nitrogens is 1. The molecule has 9 nitrogen and oxygen atoms in total. The molecule has 1 aromatic carbocycles. The second-order valence-corrected chi connectivity index (χ2v) is 8.04. The standard InChI is InChI=1S/C24H23F5N6O3/c1-2-31-10-14(9-30)21(36)35-23(6-7-38-13-23)22(37)33-12-19-18(26)8-15(11-32-19)34-20-16(24(27,28)29)4-3-5-17(20)25/h2-5,8-11,34H,1,6-7,12-13,30H2,(H,33,37)(H,35,36)/b14-9+,31-10-/t23-/m0/s1. The molecule has 0 radical (unpaired) electrons. The number of ether oxygens (including phenoxy) is 1. The molecule has 1 fully saturated rings. The first-order chi connectivity index (χ1) is 18.0. The zero-order chi connectivity index (χ0) is 27.9. The second kappa shape index (κ2) is 11.8. The minimum atomic E-state index is -4.85. The first-order valence-corrected chi connectivity index (χ1v) is 11.0. The van der Waals surface area contributed by atoms with Crippen molar-refractivity contribution in [3.05, 3.63) is 77.9 Å². The molecule has 38 heavy (non-hydrogen) atoms. The molecule has 0 saturated carbocycles. The fourth-order valence-corrected chi connectivity index (χ4v) is 3.53. The van der Waals surface area contributed by atoms with Crippen LogP contribution < -0.4 is 21.7 Å². The third kappa shape index (κ3) is 6.51. The van der Waals surface area contributed by atoms with Gasteiger partial charge in [0.2, 0.25) is 5.91 Å². The zero-order valence-electron chi connectivity index (χ0n) is 19.7. The number of anilines is 2. The normalized spacial score (nSPS) is 17.9. The fraction of sp³-hybridized carbons (Fsp3) is 0.250. The van der Waals surface area contributed by atoms with Crippen molar-refractivity contribution in [2.45, 2.75) is 24.7 Å². The number of benzene rings is 1. The molecular weight excluding hydrogens is 515 g/mol. The number of alkyl halides is 3. The molecule has 2 amide bonds. The van der Waals surface area contributed by atoms with Gasteiger partial charge in [-0.25, -0.2) is 8.78 Å². The van der Waals surface area contributed by atoms with Crippen LogP contribution in [0.3, 0.4) is 0 Å². The number of nitrogens with one attached hydrogen (secondary N) is 3. The molecule has 0 unspecified atom stereocenters. The SMILES string of the molecule is C=C/N=C\C(=C/N)C(=O)N[C@@]1(C(=O)NCc2ncc(Nc3c(F)cccc3C(F)(F)F)cc2F)CCOC1. The molecule has 0 spiro atoms. The first kappa shape index (κ1) is 28.2. The van der Waals surface area contributed by atoms with E-state index in [0.717, 1.165) is 36.8 Å². The van der Waals surface area contributed by atoms with E-state index in [4.69, 9.17) is 10.5 Å². The van der Waals surface area contributed by atoms with Gasteiger partial charge < -0.3 is 26.4 Å². The summed E-state index contributed by atoms with van der Waals surface area (Å²) in [6.07, 6.45) is -0.412. The van der Waals surface area contributed by atoms with E-state index < -0.39 is 53.0 Å². The predicted molar refractivity (Wildman–Crippen MR) is 128 cm³/mol. The van der Waals surface area contributed by atoms with Crippen LogP contribution in [0.5, 0.6) is 0 Å². The molecule has 1 aliphatic rings. The zero-order valence-corrected chi connectivity index (χ0v) is 19.7. The van der Waals surface area contributed by atoms with E-state index in [2.05, 4.69) is 32.5 Å². The van der Waals surface area contributed by atoms with Crippen molar-refractivity contribution in [1.29, 1.82) is 0 Å². The maximum absolute atomic E-state index is 14.7. The van der Waals surface area contributed by atoms with Gasteiger partial charge in [0.05, 0.1) is 47.6 Å². The van der Waals surface area contributed by atoms with Gasteiger partial charge in [-0.05, 0) is 12.1 Å². The molecule has 5 N–H and O–H groups in total. The Bertz CT molecular complexity index is 1270. The van der Waals surface area contributed by atoms with Gasteiger partial charge in [0.25, 0.3) is 5.91 Å². The van der Waals surface area contributed by atoms with Gasteiger partial charge in [0.15, 0.2) is 0 Å². The van der Waals surface area contributed by atoms with Crippen LogP contribution in [0.2, 0.25) is 0 Å². The molecule has 1 atom stereocenters. The summed E-state index contributed by atoms with van der Waals surface area (Å²) in [4.78, 5) is 33.1. The molecule has 1 saturated heterocycles. The third-order valence-corrected chi connectivity index (χ3v) is 5.49. The maximum atomic E-state index is 14.7. The lowest BCUT2D eigenvalue weighted by Crippen LogP contribution is -2.59. The minimum absolute atomic E-state index is 0.0386. The molecule has 0 bridgehead atoms. The van der Waals surface area contributed by atoms with Crippen LogP contribution >= 0.6 is 0 Å². The summed E-state index contributed by atoms with van der Waals surface area (Å²) in [5, 5.41) is 7.23. The summed E-state index contributed by atoms with van der Waals surface area (Å²) in [5.74, 6) is -3.56. The molecule has 2 heterocycles. The van der Waals surface area contributed by atoms with Crippen LogP contribution in [0.1, 0.15) is 17.7 Å². The van der Waals surface area contributed by atoms with E-state index >= 15 is 0 Å². The van der Waals surface area contributed by atoms with Crippen LogP contribution in [0, 0.1) is 11.6 Å². The first-order valence-electron chi connectivity index (χ1n) is 11.0. The van der Waals surface area contributed by atoms with E-state index in [1.165, 1.54) is 6.20 Å². The lowest BCUT2D eigenvalue weighted by atomic mass is 9.96. The predicted octanol–water partition coefficient (Wildman–Crippen LogP) is 3.07. The molecule has 1 aliphatic heterocycles. The number of rotatable bonds is 9. The van der Waals surface area contributed by atoms with Crippen LogP contribution in [0.25, 0.3) is 0 Å². The highest BCUT2D eigenvalue weighted by Gasteiger charge is 2.44. The van der Waals surface area contributed by atoms with E-state index in [1.54, 1.807) is 0 Å². The number of carbonyl (C=O) groups excluding carboxylic acids is 2. The number of hydrogen-bond acceptors (Lipinski definition) is 7. The Kier molecular flexibility index (Phi) is 8.78. The van der Waals surface area contributed by atoms with Gasteiger partial charge >= 0.3 is 6.18 Å². The van der Waals surface area contributed by atoms with Gasteiger partial charge in [-0.2, -0.15) is 13.2 Å². The topological polar surface area (TPSA) is 131 Å². The summed E-state index contributed by atoms with van der Waals surface area (Å²) < 4.78 is 73.7. The van der Waals surface area contributed by atoms with Crippen molar-refractivity contribution in [2.75, 3.05) is 18.5 Å². The van der Waals surface area contributed by atoms with Crippen LogP contribution in [-0.2, 0) is 27.0 Å². The summed E-state index contributed by atoms with van der Waals surface area (Å²) in [5.41, 5.74) is 1.27. The molecule has 3 rings (SSSR count). The van der Waals surface area contributed by atoms with E-state index in [0.29, 0.717) is 6.07 Å². The largest absolute Gasteiger partial charge is 0.418 e. The van der Waals surface area contributed by atoms with Crippen molar-refractivity contribution in [2.24, 2.45) is 10.7 Å². The maximum Gasteiger partial charge on any atom is 0.418 e. The molecule has 2 aromatic rings. The third-order valence-electron chi connectivity index (χ3n) is 5.49. The van der Waals surface area contributed by atoms with Gasteiger partial charge in [-0.3, -0.25) is 19.6 Å². The highest BCUT2D eigenvalue weighted by Crippen LogP contribution is 2.37. The number of aliphatic imine (C=N–C) groups is 1. The average molecular weight is 538 g/mol. The lowest BCUT2D eigenvalue weighted by Gasteiger charge is -2.27. The number of halogens is 5. The minimum Gasteiger partial charge on any atom is -0.404 e. The van der Waals surface area contributed by atoms with Crippen molar-refractivity contribution in [3.8, 4) is 0 Å². The monoisotopic (exact) mass is 538 g/mol. The smallest absolute Gasteiger partial charge is 0.404 e. The van der Waals surface area contributed by atoms with Gasteiger partial charge in [0.1, 0.15) is 17.2 Å². The van der Waals surface area contributed by atoms with Crippen molar-refractivity contribution >= 4 is 29.4 Å². The van der Waals surface area contributed by atoms with E-state index in [-0.39, 0.29) is 36.6 Å². The van der Waals surface area contributed by atoms with Gasteiger partial charge in [-0.1, -0.05) is 12.6 Å². The summed E-state index contributed by atoms with van der Waals surface area (Å²) >= 11 is 0. The quantitative estimate of drug-likeness (QED) is 0.221. The summed E-state index contributed by atoms with van der Waals surface area (Å²) in [7, 11) is 0. The summed E-state index contributed by atoms with van der Waals surface area (Å²) in [6.45, 7) is 2.97. The number of hydrogen-bond donors (Lipinski definition) is 4. The van der Waals surface area contributed by atoms with E-state index in [1.807, 2.05) is 0 Å². The molecule has 14 heteroatoms. The number of nitrogens with two attached hydrogens (primary N) is 1.